The number of rotatable bonds is 3. The summed E-state index contributed by atoms with van der Waals surface area (Å²) in [6, 6.07) is -0.344. The zero-order valence-corrected chi connectivity index (χ0v) is 12.0. The largest absolute Gasteiger partial charge is 0.414 e. The van der Waals surface area contributed by atoms with E-state index in [0.29, 0.717) is 13.0 Å². The van der Waals surface area contributed by atoms with Crippen molar-refractivity contribution in [3.8, 4) is 0 Å². The highest BCUT2D eigenvalue weighted by Crippen LogP contribution is 2.37. The third kappa shape index (κ3) is 3.33. The fourth-order valence-corrected chi connectivity index (χ4v) is 2.43. The van der Waals surface area contributed by atoms with Gasteiger partial charge in [-0.3, -0.25) is 0 Å². The highest BCUT2D eigenvalue weighted by Gasteiger charge is 2.39. The summed E-state index contributed by atoms with van der Waals surface area (Å²) >= 11 is 0. The summed E-state index contributed by atoms with van der Waals surface area (Å²) in [6.45, 7) is 11.4. The summed E-state index contributed by atoms with van der Waals surface area (Å²) in [5.74, 6) is 0. The maximum absolute atomic E-state index is 9.69. The molecule has 92 valence electrons. The first-order chi connectivity index (χ1) is 7.13. The normalized spacial score (nSPS) is 32.0. The maximum atomic E-state index is 9.69. The molecule has 1 rings (SSSR count). The van der Waals surface area contributed by atoms with Gasteiger partial charge in [-0.05, 0) is 24.6 Å². The van der Waals surface area contributed by atoms with Crippen molar-refractivity contribution >= 4 is 16.2 Å². The molecule has 5 heteroatoms. The van der Waals surface area contributed by atoms with Gasteiger partial charge in [0.1, 0.15) is 14.0 Å². The molecule has 0 aromatic carbocycles. The maximum Gasteiger partial charge on any atom is 0.192 e. The molecule has 1 aliphatic heterocycles. The Morgan fingerprint density at radius 3 is 2.38 bits per heavy atom. The molecule has 0 aromatic rings. The standard InChI is InChI=1S/C11H23BO3Si/c1-11(2,3)16(4,5)14-7-9-8(13)6-10(12)15-9/h8-10,13H,6-7H2,1-5H3/t8-,9?,10-/m1/s1. The average molecular weight is 242 g/mol. The van der Waals surface area contributed by atoms with Crippen molar-refractivity contribution in [3.05, 3.63) is 0 Å². The molecular formula is C11H23BO3Si. The average Bonchev–Trinajstić information content (AvgIpc) is 2.39. The van der Waals surface area contributed by atoms with Gasteiger partial charge in [-0.15, -0.1) is 0 Å². The zero-order chi connectivity index (χ0) is 12.6. The third-order valence-electron chi connectivity index (χ3n) is 3.67. The Morgan fingerprint density at radius 2 is 2.00 bits per heavy atom. The lowest BCUT2D eigenvalue weighted by Gasteiger charge is -2.37. The van der Waals surface area contributed by atoms with E-state index < -0.39 is 14.4 Å². The fourth-order valence-electron chi connectivity index (χ4n) is 1.42. The number of ether oxygens (including phenoxy) is 1. The monoisotopic (exact) mass is 242 g/mol. The minimum absolute atomic E-state index is 0.179. The van der Waals surface area contributed by atoms with E-state index in [1.54, 1.807) is 0 Å². The molecule has 1 N–H and O–H groups in total. The molecule has 0 bridgehead atoms. The molecule has 1 unspecified atom stereocenters. The van der Waals surface area contributed by atoms with Crippen LogP contribution in [0.3, 0.4) is 0 Å². The predicted octanol–water partition coefficient (Wildman–Crippen LogP) is 1.65. The Balaban J connectivity index is 2.46. The van der Waals surface area contributed by atoms with Crippen LogP contribution in [0, 0.1) is 0 Å². The topological polar surface area (TPSA) is 38.7 Å². The lowest BCUT2D eigenvalue weighted by Crippen LogP contribution is -2.43. The molecular weight excluding hydrogens is 219 g/mol. The molecule has 3 atom stereocenters. The molecule has 0 aliphatic carbocycles. The van der Waals surface area contributed by atoms with Gasteiger partial charge in [0.2, 0.25) is 0 Å². The van der Waals surface area contributed by atoms with Gasteiger partial charge in [-0.2, -0.15) is 0 Å². The first-order valence-electron chi connectivity index (χ1n) is 5.86. The van der Waals surface area contributed by atoms with Gasteiger partial charge in [0.15, 0.2) is 8.32 Å². The van der Waals surface area contributed by atoms with E-state index in [1.807, 2.05) is 0 Å². The highest BCUT2D eigenvalue weighted by molar-refractivity contribution is 6.74. The van der Waals surface area contributed by atoms with Crippen LogP contribution in [0.15, 0.2) is 0 Å². The first kappa shape index (κ1) is 14.2. The molecule has 0 aromatic heterocycles. The summed E-state index contributed by atoms with van der Waals surface area (Å²) in [4.78, 5) is 0. The summed E-state index contributed by atoms with van der Waals surface area (Å²) in [6.07, 6.45) is -0.241. The molecule has 1 saturated heterocycles. The minimum Gasteiger partial charge on any atom is -0.414 e. The lowest BCUT2D eigenvalue weighted by molar-refractivity contribution is -0.000757. The third-order valence-corrected chi connectivity index (χ3v) is 8.17. The Kier molecular flexibility index (Phi) is 4.27. The van der Waals surface area contributed by atoms with E-state index in [9.17, 15) is 5.11 Å². The molecule has 0 spiro atoms. The van der Waals surface area contributed by atoms with Crippen molar-refractivity contribution in [2.45, 2.75) is 63.5 Å². The molecule has 3 nitrogen and oxygen atoms in total. The molecule has 1 aliphatic rings. The van der Waals surface area contributed by atoms with E-state index >= 15 is 0 Å². The first-order valence-corrected chi connectivity index (χ1v) is 8.77. The smallest absolute Gasteiger partial charge is 0.192 e. The SMILES string of the molecule is [B][C@H]1C[C@@H](O)C(CO[Si](C)(C)C(C)(C)C)O1. The van der Waals surface area contributed by atoms with E-state index in [-0.39, 0.29) is 17.1 Å². The van der Waals surface area contributed by atoms with Gasteiger partial charge < -0.3 is 14.3 Å². The van der Waals surface area contributed by atoms with Crippen LogP contribution in [0.4, 0.5) is 0 Å². The number of hydrogen-bond acceptors (Lipinski definition) is 3. The number of aliphatic hydroxyl groups is 1. The van der Waals surface area contributed by atoms with Gasteiger partial charge in [0.25, 0.3) is 0 Å². The number of aliphatic hydroxyl groups excluding tert-OH is 1. The Bertz CT molecular complexity index is 240. The fraction of sp³-hybridized carbons (Fsp3) is 1.00. The van der Waals surface area contributed by atoms with E-state index in [2.05, 4.69) is 33.9 Å². The van der Waals surface area contributed by atoms with Gasteiger partial charge >= 0.3 is 0 Å². The van der Waals surface area contributed by atoms with Crippen LogP contribution in [-0.4, -0.2) is 46.1 Å². The van der Waals surface area contributed by atoms with Crippen LogP contribution in [-0.2, 0) is 9.16 Å². The molecule has 1 heterocycles. The van der Waals surface area contributed by atoms with Crippen molar-refractivity contribution in [2.75, 3.05) is 6.61 Å². The second kappa shape index (κ2) is 4.80. The van der Waals surface area contributed by atoms with Crippen molar-refractivity contribution in [1.29, 1.82) is 0 Å². The summed E-state index contributed by atoms with van der Waals surface area (Å²) in [7, 11) is 3.86. The van der Waals surface area contributed by atoms with E-state index in [4.69, 9.17) is 17.0 Å². The van der Waals surface area contributed by atoms with Gasteiger partial charge in [-0.1, -0.05) is 20.8 Å². The Morgan fingerprint density at radius 1 is 1.44 bits per heavy atom. The molecule has 0 saturated carbocycles. The second-order valence-corrected chi connectivity index (χ2v) is 10.9. The Labute approximate surface area is 101 Å². The van der Waals surface area contributed by atoms with Gasteiger partial charge in [0.05, 0.1) is 12.7 Å². The quantitative estimate of drug-likeness (QED) is 0.765. The van der Waals surface area contributed by atoms with Crippen LogP contribution in [0.2, 0.25) is 18.1 Å². The van der Waals surface area contributed by atoms with Crippen LogP contribution in [0.5, 0.6) is 0 Å². The van der Waals surface area contributed by atoms with Crippen LogP contribution >= 0.6 is 0 Å². The number of hydrogen-bond donors (Lipinski definition) is 1. The summed E-state index contributed by atoms with van der Waals surface area (Å²) in [5, 5.41) is 9.87. The highest BCUT2D eigenvalue weighted by atomic mass is 28.4. The van der Waals surface area contributed by atoms with Crippen LogP contribution in [0.25, 0.3) is 0 Å². The van der Waals surface area contributed by atoms with Gasteiger partial charge in [-0.25, -0.2) is 0 Å². The Hall–Kier alpha value is 0.162. The van der Waals surface area contributed by atoms with Crippen molar-refractivity contribution in [2.24, 2.45) is 0 Å². The van der Waals surface area contributed by atoms with Crippen molar-refractivity contribution in [3.63, 3.8) is 0 Å². The van der Waals surface area contributed by atoms with E-state index in [0.717, 1.165) is 0 Å². The van der Waals surface area contributed by atoms with Crippen LogP contribution < -0.4 is 0 Å². The molecule has 2 radical (unpaired) electrons. The predicted molar refractivity (Wildman–Crippen MR) is 68.2 cm³/mol. The zero-order valence-electron chi connectivity index (χ0n) is 11.0. The summed E-state index contributed by atoms with van der Waals surface area (Å²) in [5.41, 5.74) is 0. The molecule has 1 fully saturated rings. The van der Waals surface area contributed by atoms with Crippen molar-refractivity contribution in [1.82, 2.24) is 0 Å². The van der Waals surface area contributed by atoms with E-state index in [1.165, 1.54) is 0 Å². The van der Waals surface area contributed by atoms with Gasteiger partial charge in [0, 0.05) is 6.00 Å². The van der Waals surface area contributed by atoms with Crippen molar-refractivity contribution < 1.29 is 14.3 Å². The minimum atomic E-state index is -1.76. The van der Waals surface area contributed by atoms with Crippen LogP contribution in [0.1, 0.15) is 27.2 Å². The second-order valence-electron chi connectivity index (χ2n) is 6.09. The summed E-state index contributed by atoms with van der Waals surface area (Å²) < 4.78 is 11.4. The molecule has 0 amide bonds. The lowest BCUT2D eigenvalue weighted by atomic mass is 9.96. The molecule has 16 heavy (non-hydrogen) atoms.